The molecule has 0 amide bonds. The van der Waals surface area contributed by atoms with Crippen molar-refractivity contribution in [3.63, 3.8) is 0 Å². The molecule has 2 heterocycles. The molecule has 0 aliphatic rings. The first-order valence-corrected chi connectivity index (χ1v) is 9.02. The van der Waals surface area contributed by atoms with Crippen LogP contribution in [-0.4, -0.2) is 25.4 Å². The molecule has 0 unspecified atom stereocenters. The van der Waals surface area contributed by atoms with Crippen molar-refractivity contribution in [1.29, 1.82) is 0 Å². The van der Waals surface area contributed by atoms with Crippen LogP contribution < -0.4 is 5.69 Å². The van der Waals surface area contributed by atoms with Crippen molar-refractivity contribution in [2.75, 3.05) is 6.26 Å². The monoisotopic (exact) mass is 404 g/mol. The molecule has 2 aromatic heterocycles. The van der Waals surface area contributed by atoms with Gasteiger partial charge in [-0.3, -0.25) is 0 Å². The fourth-order valence-corrected chi connectivity index (χ4v) is 3.47. The van der Waals surface area contributed by atoms with E-state index in [9.17, 15) is 9.18 Å². The third-order valence-electron chi connectivity index (χ3n) is 3.65. The van der Waals surface area contributed by atoms with Gasteiger partial charge in [-0.2, -0.15) is 4.68 Å². The minimum Gasteiger partial charge on any atom is -0.245 e. The van der Waals surface area contributed by atoms with E-state index in [2.05, 4.69) is 26.0 Å². The van der Waals surface area contributed by atoms with Gasteiger partial charge in [-0.05, 0) is 36.6 Å². The number of aromatic nitrogens is 4. The Morgan fingerprint density at radius 2 is 2.00 bits per heavy atom. The zero-order valence-electron chi connectivity index (χ0n) is 12.4. The van der Waals surface area contributed by atoms with Gasteiger partial charge in [-0.1, -0.05) is 39.8 Å². The summed E-state index contributed by atoms with van der Waals surface area (Å²) in [6.45, 7) is 0. The summed E-state index contributed by atoms with van der Waals surface area (Å²) < 4.78 is 17.4. The van der Waals surface area contributed by atoms with E-state index in [1.165, 1.54) is 28.3 Å². The molecule has 0 aliphatic carbocycles. The summed E-state index contributed by atoms with van der Waals surface area (Å²) in [6, 6.07) is 11.6. The first-order chi connectivity index (χ1) is 11.6. The molecule has 0 atom stereocenters. The number of rotatable bonds is 2. The summed E-state index contributed by atoms with van der Waals surface area (Å²) in [5.74, 6) is -0.507. The predicted molar refractivity (Wildman–Crippen MR) is 95.5 cm³/mol. The van der Waals surface area contributed by atoms with Crippen LogP contribution in [0, 0.1) is 5.82 Å². The van der Waals surface area contributed by atoms with Crippen molar-refractivity contribution < 1.29 is 4.39 Å². The van der Waals surface area contributed by atoms with E-state index in [-0.39, 0.29) is 5.69 Å². The van der Waals surface area contributed by atoms with Gasteiger partial charge >= 0.3 is 5.69 Å². The van der Waals surface area contributed by atoms with E-state index in [1.54, 1.807) is 12.1 Å². The van der Waals surface area contributed by atoms with E-state index < -0.39 is 11.5 Å². The highest BCUT2D eigenvalue weighted by Crippen LogP contribution is 2.25. The van der Waals surface area contributed by atoms with Crippen molar-refractivity contribution in [1.82, 2.24) is 19.2 Å². The molecule has 8 heteroatoms. The third-order valence-corrected chi connectivity index (χ3v) is 4.78. The summed E-state index contributed by atoms with van der Waals surface area (Å²) in [5, 5.41) is 5.60. The molecule has 2 aromatic carbocycles. The quantitative estimate of drug-likeness (QED) is 0.377. The molecular weight excluding hydrogens is 395 g/mol. The van der Waals surface area contributed by atoms with Gasteiger partial charge in [0.2, 0.25) is 0 Å². The topological polar surface area (TPSA) is 52.2 Å². The summed E-state index contributed by atoms with van der Waals surface area (Å²) in [6.07, 6.45) is 1.83. The van der Waals surface area contributed by atoms with Crippen molar-refractivity contribution in [3.05, 3.63) is 63.2 Å². The van der Waals surface area contributed by atoms with Gasteiger partial charge in [0, 0.05) is 9.86 Å². The van der Waals surface area contributed by atoms with Crippen LogP contribution >= 0.6 is 27.7 Å². The maximum Gasteiger partial charge on any atom is 0.357 e. The third kappa shape index (κ3) is 2.25. The molecule has 5 nitrogen and oxygen atoms in total. The molecule has 4 rings (SSSR count). The SMILES string of the molecule is CSc1nc2ccc(Br)cc2c2nn(-c3ccccc3F)c(=O)n12. The van der Waals surface area contributed by atoms with Crippen molar-refractivity contribution in [2.24, 2.45) is 0 Å². The maximum atomic E-state index is 14.1. The summed E-state index contributed by atoms with van der Waals surface area (Å²) in [4.78, 5) is 17.3. The molecule has 0 radical (unpaired) electrons. The van der Waals surface area contributed by atoms with Gasteiger partial charge in [0.15, 0.2) is 10.8 Å². The van der Waals surface area contributed by atoms with E-state index in [1.807, 2.05) is 24.5 Å². The number of hydrogen-bond donors (Lipinski definition) is 0. The van der Waals surface area contributed by atoms with E-state index >= 15 is 0 Å². The van der Waals surface area contributed by atoms with Crippen molar-refractivity contribution >= 4 is 44.2 Å². The van der Waals surface area contributed by atoms with Crippen molar-refractivity contribution in [3.8, 4) is 5.69 Å². The molecule has 0 saturated carbocycles. The minimum atomic E-state index is -0.507. The zero-order valence-corrected chi connectivity index (χ0v) is 14.8. The Kier molecular flexibility index (Phi) is 3.65. The minimum absolute atomic E-state index is 0.112. The summed E-state index contributed by atoms with van der Waals surface area (Å²) >= 11 is 4.76. The second kappa shape index (κ2) is 5.71. The molecule has 0 bridgehead atoms. The lowest BCUT2D eigenvalue weighted by Crippen LogP contribution is -2.21. The Morgan fingerprint density at radius 3 is 2.75 bits per heavy atom. The second-order valence-electron chi connectivity index (χ2n) is 5.06. The van der Waals surface area contributed by atoms with Crippen LogP contribution in [0.5, 0.6) is 0 Å². The normalized spacial score (nSPS) is 11.5. The fourth-order valence-electron chi connectivity index (χ4n) is 2.57. The molecule has 0 N–H and O–H groups in total. The summed E-state index contributed by atoms with van der Waals surface area (Å²) in [5.41, 5.74) is 0.829. The zero-order chi connectivity index (χ0) is 16.8. The first-order valence-electron chi connectivity index (χ1n) is 7.00. The maximum absolute atomic E-state index is 14.1. The fraction of sp³-hybridized carbons (Fsp3) is 0.0625. The average molecular weight is 405 g/mol. The Balaban J connectivity index is 2.18. The highest BCUT2D eigenvalue weighted by Gasteiger charge is 2.18. The van der Waals surface area contributed by atoms with Crippen LogP contribution in [0.15, 0.2) is 56.9 Å². The molecule has 0 saturated heterocycles. The Morgan fingerprint density at radius 1 is 1.21 bits per heavy atom. The average Bonchev–Trinajstić information content (AvgIpc) is 2.93. The number of benzene rings is 2. The van der Waals surface area contributed by atoms with Crippen LogP contribution in [0.25, 0.3) is 22.2 Å². The Labute approximate surface area is 148 Å². The van der Waals surface area contributed by atoms with Crippen LogP contribution in [0.3, 0.4) is 0 Å². The van der Waals surface area contributed by atoms with Gasteiger partial charge in [0.05, 0.1) is 5.52 Å². The predicted octanol–water partition coefficient (Wildman–Crippen LogP) is 3.66. The lowest BCUT2D eigenvalue weighted by atomic mass is 10.2. The van der Waals surface area contributed by atoms with Gasteiger partial charge in [-0.25, -0.2) is 18.6 Å². The van der Waals surface area contributed by atoms with Gasteiger partial charge in [0.25, 0.3) is 0 Å². The van der Waals surface area contributed by atoms with E-state index in [4.69, 9.17) is 0 Å². The van der Waals surface area contributed by atoms with Crippen molar-refractivity contribution in [2.45, 2.75) is 5.16 Å². The number of hydrogen-bond acceptors (Lipinski definition) is 4. The number of thioether (sulfide) groups is 1. The van der Waals surface area contributed by atoms with Crippen LogP contribution in [-0.2, 0) is 0 Å². The second-order valence-corrected chi connectivity index (χ2v) is 6.75. The Hall–Kier alpha value is -2.19. The van der Waals surface area contributed by atoms with Gasteiger partial charge in [-0.15, -0.1) is 5.10 Å². The van der Waals surface area contributed by atoms with Crippen LogP contribution in [0.1, 0.15) is 0 Å². The number of para-hydroxylation sites is 1. The number of fused-ring (bicyclic) bond motifs is 3. The molecule has 24 heavy (non-hydrogen) atoms. The number of halogens is 2. The number of nitrogens with zero attached hydrogens (tertiary/aromatic N) is 4. The van der Waals surface area contributed by atoms with E-state index in [0.717, 1.165) is 20.1 Å². The first kappa shape index (κ1) is 15.3. The van der Waals surface area contributed by atoms with Crippen LogP contribution in [0.4, 0.5) is 4.39 Å². The lowest BCUT2D eigenvalue weighted by molar-refractivity contribution is 0.607. The Bertz CT molecular complexity index is 1150. The smallest absolute Gasteiger partial charge is 0.245 e. The molecule has 0 fully saturated rings. The molecular formula is C16H10BrFN4OS. The largest absolute Gasteiger partial charge is 0.357 e. The summed E-state index contributed by atoms with van der Waals surface area (Å²) in [7, 11) is 0. The lowest BCUT2D eigenvalue weighted by Gasteiger charge is -2.03. The highest BCUT2D eigenvalue weighted by atomic mass is 79.9. The van der Waals surface area contributed by atoms with E-state index in [0.29, 0.717) is 10.8 Å². The molecule has 120 valence electrons. The molecule has 0 spiro atoms. The van der Waals surface area contributed by atoms with Gasteiger partial charge < -0.3 is 0 Å². The highest BCUT2D eigenvalue weighted by molar-refractivity contribution is 9.10. The van der Waals surface area contributed by atoms with Gasteiger partial charge in [0.1, 0.15) is 11.5 Å². The van der Waals surface area contributed by atoms with Crippen LogP contribution in [0.2, 0.25) is 0 Å². The molecule has 4 aromatic rings. The molecule has 0 aliphatic heterocycles. The standard InChI is InChI=1S/C16H10BrFN4OS/c1-24-15-19-12-7-6-9(17)8-10(12)14-20-22(16(23)21(14)15)13-5-3-2-4-11(13)18/h2-8H,1H3.